The molecule has 1 N–H and O–H groups in total. The zero-order chi connectivity index (χ0) is 19.6. The molecular formula is C18H17F3N4O2. The van der Waals surface area contributed by atoms with Crippen LogP contribution in [0, 0.1) is 0 Å². The lowest BCUT2D eigenvalue weighted by molar-refractivity contribution is -0.138. The second kappa shape index (κ2) is 7.26. The van der Waals surface area contributed by atoms with Crippen LogP contribution < -0.4 is 10.9 Å². The number of alkyl halides is 3. The molecule has 0 aliphatic carbocycles. The molecule has 0 fully saturated rings. The predicted octanol–water partition coefficient (Wildman–Crippen LogP) is 3.27. The van der Waals surface area contributed by atoms with Crippen molar-refractivity contribution in [1.82, 2.24) is 14.1 Å². The number of para-hydroxylation sites is 2. The molecule has 0 aliphatic rings. The highest BCUT2D eigenvalue weighted by atomic mass is 19.4. The number of carbonyl (C=O) groups is 1. The summed E-state index contributed by atoms with van der Waals surface area (Å²) in [5, 5.41) is 2.59. The van der Waals surface area contributed by atoms with E-state index < -0.39 is 29.8 Å². The topological polar surface area (TPSA) is 68.9 Å². The number of carbonyl (C=O) groups excluding carboxylic acids is 1. The largest absolute Gasteiger partial charge is 0.417 e. The summed E-state index contributed by atoms with van der Waals surface area (Å²) in [7, 11) is 0. The van der Waals surface area contributed by atoms with Crippen LogP contribution in [-0.4, -0.2) is 20.0 Å². The van der Waals surface area contributed by atoms with E-state index in [2.05, 4.69) is 10.3 Å². The smallest absolute Gasteiger partial charge is 0.310 e. The lowest BCUT2D eigenvalue weighted by Crippen LogP contribution is -2.28. The summed E-state index contributed by atoms with van der Waals surface area (Å²) in [6, 6.07) is 8.82. The van der Waals surface area contributed by atoms with E-state index in [9.17, 15) is 22.8 Å². The van der Waals surface area contributed by atoms with Gasteiger partial charge in [-0.05, 0) is 24.6 Å². The number of fused-ring (bicyclic) bond motifs is 1. The van der Waals surface area contributed by atoms with Crippen molar-refractivity contribution in [3.63, 3.8) is 0 Å². The molecule has 0 bridgehead atoms. The molecule has 3 aromatic rings. The average Bonchev–Trinajstić information content (AvgIpc) is 2.93. The Balaban J connectivity index is 1.86. The molecule has 0 radical (unpaired) electrons. The van der Waals surface area contributed by atoms with Gasteiger partial charge >= 0.3 is 6.18 Å². The highest BCUT2D eigenvalue weighted by Crippen LogP contribution is 2.28. The lowest BCUT2D eigenvalue weighted by Gasteiger charge is -2.12. The van der Waals surface area contributed by atoms with Crippen molar-refractivity contribution >= 4 is 22.9 Å². The molecule has 1 amide bonds. The summed E-state index contributed by atoms with van der Waals surface area (Å²) >= 11 is 0. The third-order valence-electron chi connectivity index (χ3n) is 3.98. The maximum atomic E-state index is 12.8. The van der Waals surface area contributed by atoms with Crippen LogP contribution in [0.5, 0.6) is 0 Å². The number of nitrogens with one attached hydrogen (secondary N) is 1. The van der Waals surface area contributed by atoms with Crippen LogP contribution >= 0.6 is 0 Å². The van der Waals surface area contributed by atoms with Crippen molar-refractivity contribution in [3.8, 4) is 0 Å². The minimum absolute atomic E-state index is 0.295. The van der Waals surface area contributed by atoms with Gasteiger partial charge in [-0.2, -0.15) is 13.2 Å². The van der Waals surface area contributed by atoms with E-state index in [4.69, 9.17) is 0 Å². The first-order valence-corrected chi connectivity index (χ1v) is 8.32. The van der Waals surface area contributed by atoms with Gasteiger partial charge in [0.1, 0.15) is 6.54 Å². The SMILES string of the molecule is CCCn1c(NC(=O)Cn2cc(C(F)(F)F)ccc2=O)nc2ccccc21. The van der Waals surface area contributed by atoms with Crippen molar-refractivity contribution in [2.45, 2.75) is 32.6 Å². The number of imidazole rings is 1. The number of benzene rings is 1. The fraction of sp³-hybridized carbons (Fsp3) is 0.278. The van der Waals surface area contributed by atoms with E-state index in [1.54, 1.807) is 6.07 Å². The first kappa shape index (κ1) is 18.7. The Hall–Kier alpha value is -3.10. The molecule has 0 unspecified atom stereocenters. The van der Waals surface area contributed by atoms with Gasteiger partial charge in [0.2, 0.25) is 11.9 Å². The van der Waals surface area contributed by atoms with Gasteiger partial charge in [0.15, 0.2) is 0 Å². The predicted molar refractivity (Wildman–Crippen MR) is 94.4 cm³/mol. The van der Waals surface area contributed by atoms with Crippen molar-refractivity contribution in [2.24, 2.45) is 0 Å². The van der Waals surface area contributed by atoms with E-state index >= 15 is 0 Å². The van der Waals surface area contributed by atoms with Crippen molar-refractivity contribution in [1.29, 1.82) is 0 Å². The number of amides is 1. The number of hydrogen-bond acceptors (Lipinski definition) is 3. The van der Waals surface area contributed by atoms with Crippen LogP contribution in [-0.2, 0) is 24.1 Å². The molecule has 27 heavy (non-hydrogen) atoms. The Morgan fingerprint density at radius 3 is 2.63 bits per heavy atom. The first-order chi connectivity index (χ1) is 12.8. The van der Waals surface area contributed by atoms with E-state index in [1.807, 2.05) is 29.7 Å². The van der Waals surface area contributed by atoms with Gasteiger partial charge in [-0.1, -0.05) is 19.1 Å². The summed E-state index contributed by atoms with van der Waals surface area (Å²) in [5.41, 5.74) is -0.156. The fourth-order valence-electron chi connectivity index (χ4n) is 2.76. The van der Waals surface area contributed by atoms with Gasteiger partial charge in [0.25, 0.3) is 5.56 Å². The van der Waals surface area contributed by atoms with Crippen LogP contribution in [0.4, 0.5) is 19.1 Å². The number of aromatic nitrogens is 3. The molecule has 0 aliphatic heterocycles. The standard InChI is InChI=1S/C18H17F3N4O2/c1-2-9-25-14-6-4-3-5-13(14)22-17(25)23-15(26)11-24-10-12(18(19,20)21)7-8-16(24)27/h3-8,10H,2,9,11H2,1H3,(H,22,23,26). The van der Waals surface area contributed by atoms with Gasteiger partial charge in [-0.15, -0.1) is 0 Å². The Morgan fingerprint density at radius 1 is 1.19 bits per heavy atom. The summed E-state index contributed by atoms with van der Waals surface area (Å²) in [6.45, 7) is 2.04. The monoisotopic (exact) mass is 378 g/mol. The first-order valence-electron chi connectivity index (χ1n) is 8.32. The molecular weight excluding hydrogens is 361 g/mol. The number of halogens is 3. The third-order valence-corrected chi connectivity index (χ3v) is 3.98. The van der Waals surface area contributed by atoms with Crippen LogP contribution in [0.25, 0.3) is 11.0 Å². The van der Waals surface area contributed by atoms with Crippen LogP contribution in [0.15, 0.2) is 47.4 Å². The summed E-state index contributed by atoms with van der Waals surface area (Å²) in [6.07, 6.45) is -3.16. The molecule has 3 rings (SSSR count). The van der Waals surface area contributed by atoms with Crippen molar-refractivity contribution in [3.05, 3.63) is 58.5 Å². The number of nitrogens with zero attached hydrogens (tertiary/aromatic N) is 3. The maximum Gasteiger partial charge on any atom is 0.417 e. The molecule has 0 saturated carbocycles. The van der Waals surface area contributed by atoms with Crippen molar-refractivity contribution in [2.75, 3.05) is 5.32 Å². The molecule has 0 saturated heterocycles. The number of pyridine rings is 1. The van der Waals surface area contributed by atoms with E-state index in [0.717, 1.165) is 22.6 Å². The van der Waals surface area contributed by atoms with Gasteiger partial charge in [0.05, 0.1) is 16.6 Å². The molecule has 142 valence electrons. The Labute approximate surface area is 152 Å². The lowest BCUT2D eigenvalue weighted by atomic mass is 10.3. The van der Waals surface area contributed by atoms with Gasteiger partial charge in [-0.3, -0.25) is 14.9 Å². The molecule has 1 aromatic carbocycles. The highest BCUT2D eigenvalue weighted by Gasteiger charge is 2.31. The minimum atomic E-state index is -4.60. The molecule has 0 atom stereocenters. The Kier molecular flexibility index (Phi) is 5.02. The molecule has 9 heteroatoms. The van der Waals surface area contributed by atoms with E-state index in [0.29, 0.717) is 30.3 Å². The summed E-state index contributed by atoms with van der Waals surface area (Å²) in [4.78, 5) is 28.5. The third kappa shape index (κ3) is 4.02. The second-order valence-electron chi connectivity index (χ2n) is 6.01. The number of hydrogen-bond donors (Lipinski definition) is 1. The second-order valence-corrected chi connectivity index (χ2v) is 6.01. The Bertz CT molecular complexity index is 1040. The number of rotatable bonds is 5. The molecule has 2 heterocycles. The summed E-state index contributed by atoms with van der Waals surface area (Å²) in [5.74, 6) is -0.341. The van der Waals surface area contributed by atoms with Gasteiger partial charge < -0.3 is 9.13 Å². The highest BCUT2D eigenvalue weighted by molar-refractivity contribution is 5.91. The van der Waals surface area contributed by atoms with Crippen LogP contribution in [0.2, 0.25) is 0 Å². The quantitative estimate of drug-likeness (QED) is 0.741. The molecule has 6 nitrogen and oxygen atoms in total. The van der Waals surface area contributed by atoms with Crippen molar-refractivity contribution < 1.29 is 18.0 Å². The molecule has 0 spiro atoms. The van der Waals surface area contributed by atoms with Crippen LogP contribution in [0.3, 0.4) is 0 Å². The Morgan fingerprint density at radius 2 is 1.93 bits per heavy atom. The fourth-order valence-corrected chi connectivity index (χ4v) is 2.76. The van der Waals surface area contributed by atoms with Crippen LogP contribution in [0.1, 0.15) is 18.9 Å². The van der Waals surface area contributed by atoms with Gasteiger partial charge in [0, 0.05) is 18.8 Å². The minimum Gasteiger partial charge on any atom is -0.310 e. The molecule has 2 aromatic heterocycles. The number of anilines is 1. The number of aryl methyl sites for hydroxylation is 1. The summed E-state index contributed by atoms with van der Waals surface area (Å²) < 4.78 is 41.0. The average molecular weight is 378 g/mol. The van der Waals surface area contributed by atoms with E-state index in [-0.39, 0.29) is 0 Å². The zero-order valence-corrected chi connectivity index (χ0v) is 14.5. The zero-order valence-electron chi connectivity index (χ0n) is 14.5. The van der Waals surface area contributed by atoms with Gasteiger partial charge in [-0.25, -0.2) is 4.98 Å². The van der Waals surface area contributed by atoms with E-state index in [1.165, 1.54) is 0 Å². The maximum absolute atomic E-state index is 12.8. The normalized spacial score (nSPS) is 11.7.